The Morgan fingerprint density at radius 3 is 2.75 bits per heavy atom. The Morgan fingerprint density at radius 2 is 2.15 bits per heavy atom. The summed E-state index contributed by atoms with van der Waals surface area (Å²) in [5.41, 5.74) is -0.400. The van der Waals surface area contributed by atoms with Gasteiger partial charge in [0.2, 0.25) is 5.78 Å². The van der Waals surface area contributed by atoms with Crippen molar-refractivity contribution in [1.82, 2.24) is 0 Å². The Hall–Kier alpha value is -1.99. The lowest BCUT2D eigenvalue weighted by Crippen LogP contribution is -2.11. The fourth-order valence-electron chi connectivity index (χ4n) is 1.43. The van der Waals surface area contributed by atoms with E-state index < -0.39 is 23.0 Å². The molecule has 2 aromatic rings. The largest absolute Gasteiger partial charge is 0.478 e. The van der Waals surface area contributed by atoms with Crippen LogP contribution in [0.2, 0.25) is 4.34 Å². The number of carbonyl (C=O) groups excluding carboxylic acids is 1. The number of ketones is 1. The van der Waals surface area contributed by atoms with Crippen LogP contribution in [0.4, 0.5) is 10.1 Å². The minimum Gasteiger partial charge on any atom is -0.478 e. The van der Waals surface area contributed by atoms with Crippen molar-refractivity contribution >= 4 is 34.4 Å². The second-order valence-corrected chi connectivity index (χ2v) is 5.40. The van der Waals surface area contributed by atoms with Crippen molar-refractivity contribution < 1.29 is 18.8 Å². The highest BCUT2D eigenvalue weighted by Gasteiger charge is 2.18. The smallest absolute Gasteiger partial charge is 0.311 e. The average Bonchev–Trinajstić information content (AvgIpc) is 2.82. The Labute approximate surface area is 121 Å². The number of carbonyl (C=O) groups is 1. The lowest BCUT2D eigenvalue weighted by Gasteiger charge is -2.05. The zero-order valence-electron chi connectivity index (χ0n) is 9.84. The number of Topliss-reactive ketones (excluding diaryl/α,β-unsaturated/α-hetero) is 1. The van der Waals surface area contributed by atoms with Crippen molar-refractivity contribution in [2.24, 2.45) is 0 Å². The Bertz CT molecular complexity index is 673. The van der Waals surface area contributed by atoms with Gasteiger partial charge in [-0.05, 0) is 18.2 Å². The van der Waals surface area contributed by atoms with Crippen LogP contribution in [0.15, 0.2) is 30.3 Å². The van der Waals surface area contributed by atoms with Crippen LogP contribution in [0, 0.1) is 15.9 Å². The highest BCUT2D eigenvalue weighted by Crippen LogP contribution is 2.28. The van der Waals surface area contributed by atoms with Crippen LogP contribution in [0.5, 0.6) is 5.75 Å². The van der Waals surface area contributed by atoms with Crippen molar-refractivity contribution in [3.05, 3.63) is 55.5 Å². The number of nitro benzene ring substituents is 1. The first-order valence-electron chi connectivity index (χ1n) is 5.32. The van der Waals surface area contributed by atoms with Crippen molar-refractivity contribution in [1.29, 1.82) is 0 Å². The van der Waals surface area contributed by atoms with E-state index in [0.29, 0.717) is 9.21 Å². The molecule has 104 valence electrons. The first kappa shape index (κ1) is 14.4. The zero-order chi connectivity index (χ0) is 14.7. The molecular weight excluding hydrogens is 309 g/mol. The summed E-state index contributed by atoms with van der Waals surface area (Å²) in [6, 6.07) is 5.89. The van der Waals surface area contributed by atoms with E-state index in [2.05, 4.69) is 0 Å². The summed E-state index contributed by atoms with van der Waals surface area (Å²) in [5, 5.41) is 10.8. The van der Waals surface area contributed by atoms with Crippen molar-refractivity contribution in [2.75, 3.05) is 6.61 Å². The maximum atomic E-state index is 13.1. The second kappa shape index (κ2) is 5.98. The molecule has 5 nitrogen and oxygen atoms in total. The molecular formula is C12H7ClFNO4S. The molecule has 0 radical (unpaired) electrons. The van der Waals surface area contributed by atoms with Gasteiger partial charge < -0.3 is 4.74 Å². The van der Waals surface area contributed by atoms with Gasteiger partial charge in [-0.1, -0.05) is 11.6 Å². The van der Waals surface area contributed by atoms with E-state index in [9.17, 15) is 19.3 Å². The SMILES string of the molecule is O=C(COc1cc(F)ccc1[N+](=O)[O-])c1ccc(Cl)s1. The van der Waals surface area contributed by atoms with Crippen LogP contribution in [0.1, 0.15) is 9.67 Å². The highest BCUT2D eigenvalue weighted by molar-refractivity contribution is 7.18. The normalized spacial score (nSPS) is 10.3. The van der Waals surface area contributed by atoms with E-state index in [4.69, 9.17) is 16.3 Å². The molecule has 1 aromatic carbocycles. The quantitative estimate of drug-likeness (QED) is 0.479. The molecule has 8 heteroatoms. The fourth-order valence-corrected chi connectivity index (χ4v) is 2.40. The van der Waals surface area contributed by atoms with Gasteiger partial charge in [0.1, 0.15) is 5.82 Å². The maximum Gasteiger partial charge on any atom is 0.311 e. The molecule has 0 saturated carbocycles. The van der Waals surface area contributed by atoms with Gasteiger partial charge in [0.05, 0.1) is 14.1 Å². The van der Waals surface area contributed by atoms with Crippen LogP contribution < -0.4 is 4.74 Å². The summed E-state index contributed by atoms with van der Waals surface area (Å²) >= 11 is 6.77. The van der Waals surface area contributed by atoms with Gasteiger partial charge in [0.25, 0.3) is 0 Å². The second-order valence-electron chi connectivity index (χ2n) is 3.68. The van der Waals surface area contributed by atoms with E-state index in [1.807, 2.05) is 0 Å². The van der Waals surface area contributed by atoms with Gasteiger partial charge in [0.15, 0.2) is 12.4 Å². The van der Waals surface area contributed by atoms with Gasteiger partial charge in [-0.2, -0.15) is 0 Å². The summed E-state index contributed by atoms with van der Waals surface area (Å²) in [6.45, 7) is -0.429. The summed E-state index contributed by atoms with van der Waals surface area (Å²) in [7, 11) is 0. The Kier molecular flexibility index (Phi) is 4.31. The van der Waals surface area contributed by atoms with Crippen LogP contribution in [0.3, 0.4) is 0 Å². The molecule has 1 aromatic heterocycles. The minimum absolute atomic E-state index is 0.286. The van der Waals surface area contributed by atoms with Crippen molar-refractivity contribution in [2.45, 2.75) is 0 Å². The van der Waals surface area contributed by atoms with Gasteiger partial charge in [-0.3, -0.25) is 14.9 Å². The standard InChI is InChI=1S/C12H7ClFNO4S/c13-12-4-3-11(20-12)9(16)6-19-10-5-7(14)1-2-8(10)15(17)18/h1-5H,6H2. The monoisotopic (exact) mass is 315 g/mol. The third kappa shape index (κ3) is 3.31. The predicted octanol–water partition coefficient (Wildman–Crippen LogP) is 3.71. The first-order chi connectivity index (χ1) is 9.47. The number of halogens is 2. The van der Waals surface area contributed by atoms with Crippen LogP contribution >= 0.6 is 22.9 Å². The molecule has 0 amide bonds. The highest BCUT2D eigenvalue weighted by atomic mass is 35.5. The van der Waals surface area contributed by atoms with Crippen molar-refractivity contribution in [3.8, 4) is 5.75 Å². The molecule has 0 fully saturated rings. The lowest BCUT2D eigenvalue weighted by molar-refractivity contribution is -0.385. The molecule has 0 aliphatic carbocycles. The van der Waals surface area contributed by atoms with Gasteiger partial charge >= 0.3 is 5.69 Å². The lowest BCUT2D eigenvalue weighted by atomic mass is 10.3. The molecule has 0 N–H and O–H groups in total. The molecule has 0 unspecified atom stereocenters. The number of benzene rings is 1. The van der Waals surface area contributed by atoms with E-state index in [1.165, 1.54) is 6.07 Å². The van der Waals surface area contributed by atoms with Gasteiger partial charge in [-0.25, -0.2) is 4.39 Å². The maximum absolute atomic E-state index is 13.1. The molecule has 0 aliphatic heterocycles. The molecule has 0 spiro atoms. The number of rotatable bonds is 5. The third-order valence-corrected chi connectivity index (χ3v) is 3.60. The molecule has 20 heavy (non-hydrogen) atoms. The minimum atomic E-state index is -0.707. The molecule has 0 bridgehead atoms. The molecule has 2 rings (SSSR count). The van der Waals surface area contributed by atoms with E-state index in [0.717, 1.165) is 29.5 Å². The van der Waals surface area contributed by atoms with Gasteiger partial charge in [0, 0.05) is 12.1 Å². The number of hydrogen-bond donors (Lipinski definition) is 0. The molecule has 0 saturated heterocycles. The number of hydrogen-bond acceptors (Lipinski definition) is 5. The first-order valence-corrected chi connectivity index (χ1v) is 6.52. The zero-order valence-corrected chi connectivity index (χ0v) is 11.4. The third-order valence-electron chi connectivity index (χ3n) is 2.33. The number of nitro groups is 1. The predicted molar refractivity (Wildman–Crippen MR) is 72.2 cm³/mol. The van der Waals surface area contributed by atoms with E-state index in [-0.39, 0.29) is 11.5 Å². The number of ether oxygens (including phenoxy) is 1. The fraction of sp³-hybridized carbons (Fsp3) is 0.0833. The Morgan fingerprint density at radius 1 is 1.40 bits per heavy atom. The molecule has 0 aliphatic rings. The van der Waals surface area contributed by atoms with Crippen LogP contribution in [-0.4, -0.2) is 17.3 Å². The topological polar surface area (TPSA) is 69.4 Å². The summed E-state index contributed by atoms with van der Waals surface area (Å²) in [4.78, 5) is 22.2. The summed E-state index contributed by atoms with van der Waals surface area (Å²) in [6.07, 6.45) is 0. The van der Waals surface area contributed by atoms with E-state index in [1.54, 1.807) is 6.07 Å². The average molecular weight is 316 g/mol. The van der Waals surface area contributed by atoms with Crippen LogP contribution in [0.25, 0.3) is 0 Å². The summed E-state index contributed by atoms with van der Waals surface area (Å²) in [5.74, 6) is -1.36. The van der Waals surface area contributed by atoms with Crippen LogP contribution in [-0.2, 0) is 0 Å². The number of nitrogens with zero attached hydrogens (tertiary/aromatic N) is 1. The summed E-state index contributed by atoms with van der Waals surface area (Å²) < 4.78 is 18.5. The van der Waals surface area contributed by atoms with Gasteiger partial charge in [-0.15, -0.1) is 11.3 Å². The van der Waals surface area contributed by atoms with E-state index >= 15 is 0 Å². The molecule has 0 atom stereocenters. The number of thiophene rings is 1. The Balaban J connectivity index is 2.12. The molecule has 1 heterocycles. The van der Waals surface area contributed by atoms with Crippen molar-refractivity contribution in [3.63, 3.8) is 0 Å².